The van der Waals surface area contributed by atoms with E-state index < -0.39 is 0 Å². The van der Waals surface area contributed by atoms with Crippen molar-refractivity contribution in [2.75, 3.05) is 37.7 Å². The van der Waals surface area contributed by atoms with E-state index in [9.17, 15) is 4.79 Å². The quantitative estimate of drug-likeness (QED) is 0.658. The van der Waals surface area contributed by atoms with Gasteiger partial charge in [-0.2, -0.15) is 0 Å². The minimum atomic E-state index is -0.0182. The van der Waals surface area contributed by atoms with Gasteiger partial charge < -0.3 is 24.6 Å². The van der Waals surface area contributed by atoms with E-state index in [1.807, 2.05) is 36.1 Å². The fourth-order valence-electron chi connectivity index (χ4n) is 4.22. The highest BCUT2D eigenvalue weighted by Gasteiger charge is 2.25. The molecule has 6 nitrogen and oxygen atoms in total. The normalized spacial score (nSPS) is 21.1. The van der Waals surface area contributed by atoms with Crippen LogP contribution >= 0.6 is 0 Å². The van der Waals surface area contributed by atoms with Crippen LogP contribution in [0.2, 0.25) is 0 Å². The molecule has 2 aromatic rings. The molecule has 2 amide bonds. The lowest BCUT2D eigenvalue weighted by Gasteiger charge is -2.32. The highest BCUT2D eigenvalue weighted by Crippen LogP contribution is 2.30. The third kappa shape index (κ3) is 5.12. The number of nitrogens with zero attached hydrogens (tertiary/aromatic N) is 2. The summed E-state index contributed by atoms with van der Waals surface area (Å²) >= 11 is 0. The van der Waals surface area contributed by atoms with Gasteiger partial charge in [0.1, 0.15) is 17.6 Å². The molecule has 170 valence electrons. The Balaban J connectivity index is 1.09. The van der Waals surface area contributed by atoms with Gasteiger partial charge in [-0.15, -0.1) is 0 Å². The zero-order valence-corrected chi connectivity index (χ0v) is 18.8. The number of rotatable bonds is 8. The maximum absolute atomic E-state index is 12.1. The molecule has 2 atom stereocenters. The molecule has 0 bridgehead atoms. The first-order chi connectivity index (χ1) is 15.6. The number of urea groups is 1. The molecule has 2 heterocycles. The van der Waals surface area contributed by atoms with Crippen molar-refractivity contribution in [1.82, 2.24) is 10.2 Å². The van der Waals surface area contributed by atoms with Gasteiger partial charge in [-0.3, -0.25) is 0 Å². The summed E-state index contributed by atoms with van der Waals surface area (Å²) in [7, 11) is 0. The Labute approximate surface area is 190 Å². The number of ether oxygens (including phenoxy) is 2. The van der Waals surface area contributed by atoms with E-state index in [4.69, 9.17) is 9.47 Å². The van der Waals surface area contributed by atoms with Gasteiger partial charge in [0, 0.05) is 31.7 Å². The van der Waals surface area contributed by atoms with Crippen LogP contribution in [0.3, 0.4) is 0 Å². The molecule has 1 N–H and O–H groups in total. The second-order valence-electron chi connectivity index (χ2n) is 9.30. The first kappa shape index (κ1) is 21.0. The van der Waals surface area contributed by atoms with Crippen molar-refractivity contribution in [3.8, 4) is 11.5 Å². The number of hydrogen-bond acceptors (Lipinski definition) is 4. The maximum atomic E-state index is 12.1. The summed E-state index contributed by atoms with van der Waals surface area (Å²) in [4.78, 5) is 16.3. The Bertz CT molecular complexity index is 907. The summed E-state index contributed by atoms with van der Waals surface area (Å²) in [5, 5.41) is 3.07. The number of carbonyl (C=O) groups is 1. The summed E-state index contributed by atoms with van der Waals surface area (Å²) < 4.78 is 12.1. The van der Waals surface area contributed by atoms with E-state index in [1.165, 1.54) is 18.5 Å². The molecule has 0 aromatic heterocycles. The monoisotopic (exact) mass is 435 g/mol. The van der Waals surface area contributed by atoms with Crippen LogP contribution in [-0.4, -0.2) is 49.8 Å². The number of hydrogen-bond donors (Lipinski definition) is 1. The minimum absolute atomic E-state index is 0.0182. The van der Waals surface area contributed by atoms with Crippen LogP contribution < -0.4 is 19.7 Å². The number of benzene rings is 2. The van der Waals surface area contributed by atoms with E-state index in [2.05, 4.69) is 34.5 Å². The fraction of sp³-hybridized carbons (Fsp3) is 0.500. The lowest BCUT2D eigenvalue weighted by atomic mass is 10.1. The topological polar surface area (TPSA) is 54.0 Å². The van der Waals surface area contributed by atoms with Crippen molar-refractivity contribution in [2.45, 2.75) is 44.8 Å². The Hall–Kier alpha value is -2.89. The van der Waals surface area contributed by atoms with Crippen molar-refractivity contribution < 1.29 is 14.3 Å². The lowest BCUT2D eigenvalue weighted by molar-refractivity contribution is 0.164. The minimum Gasteiger partial charge on any atom is -0.493 e. The summed E-state index contributed by atoms with van der Waals surface area (Å²) in [6.07, 6.45) is 4.90. The molecule has 2 saturated heterocycles. The standard InChI is InChI=1S/C26H33N3O3/c1-19(27-26(30)28-14-2-15-28)21-5-9-24(10-6-21)32-25-13-16-29(17-25)22-7-11-23(12-8-22)31-18-20-3-4-20/h5-12,19-20,25H,2-4,13-18H2,1H3,(H,27,30). The number of amides is 2. The third-order valence-electron chi connectivity index (χ3n) is 6.70. The third-order valence-corrected chi connectivity index (χ3v) is 6.70. The van der Waals surface area contributed by atoms with Gasteiger partial charge in [0.25, 0.3) is 0 Å². The molecule has 32 heavy (non-hydrogen) atoms. The molecule has 2 aliphatic heterocycles. The first-order valence-corrected chi connectivity index (χ1v) is 11.9. The molecule has 3 aliphatic rings. The predicted molar refractivity (Wildman–Crippen MR) is 125 cm³/mol. The molecular formula is C26H33N3O3. The van der Waals surface area contributed by atoms with E-state index >= 15 is 0 Å². The van der Waals surface area contributed by atoms with Crippen LogP contribution in [0.5, 0.6) is 11.5 Å². The Morgan fingerprint density at radius 2 is 1.72 bits per heavy atom. The summed E-state index contributed by atoms with van der Waals surface area (Å²) in [5.74, 6) is 2.61. The van der Waals surface area contributed by atoms with Gasteiger partial charge in [-0.05, 0) is 74.1 Å². The molecule has 0 radical (unpaired) electrons. The second kappa shape index (κ2) is 9.31. The number of carbonyl (C=O) groups excluding carboxylic acids is 1. The summed E-state index contributed by atoms with van der Waals surface area (Å²) in [6, 6.07) is 16.6. The number of anilines is 1. The summed E-state index contributed by atoms with van der Waals surface area (Å²) in [6.45, 7) is 6.47. The van der Waals surface area contributed by atoms with E-state index in [0.29, 0.717) is 0 Å². The van der Waals surface area contributed by atoms with Crippen molar-refractivity contribution in [1.29, 1.82) is 0 Å². The van der Waals surface area contributed by atoms with E-state index in [-0.39, 0.29) is 18.2 Å². The van der Waals surface area contributed by atoms with E-state index in [0.717, 1.165) is 68.6 Å². The fourth-order valence-corrected chi connectivity index (χ4v) is 4.22. The maximum Gasteiger partial charge on any atom is 0.317 e. The Kier molecular flexibility index (Phi) is 6.10. The van der Waals surface area contributed by atoms with Crippen LogP contribution in [0.15, 0.2) is 48.5 Å². The van der Waals surface area contributed by atoms with Gasteiger partial charge in [0.05, 0.1) is 19.2 Å². The van der Waals surface area contributed by atoms with Crippen LogP contribution in [0.1, 0.15) is 44.2 Å². The number of nitrogens with one attached hydrogen (secondary N) is 1. The number of likely N-dealkylation sites (tertiary alicyclic amines) is 1. The zero-order valence-electron chi connectivity index (χ0n) is 18.8. The molecular weight excluding hydrogens is 402 g/mol. The van der Waals surface area contributed by atoms with Gasteiger partial charge in [-0.1, -0.05) is 12.1 Å². The zero-order chi connectivity index (χ0) is 21.9. The molecule has 1 saturated carbocycles. The van der Waals surface area contributed by atoms with Gasteiger partial charge in [0.15, 0.2) is 0 Å². The molecule has 1 aliphatic carbocycles. The second-order valence-corrected chi connectivity index (χ2v) is 9.30. The Morgan fingerprint density at radius 1 is 1.00 bits per heavy atom. The van der Waals surface area contributed by atoms with Crippen LogP contribution in [-0.2, 0) is 0 Å². The predicted octanol–water partition coefficient (Wildman–Crippen LogP) is 4.61. The average molecular weight is 436 g/mol. The molecule has 3 fully saturated rings. The highest BCUT2D eigenvalue weighted by atomic mass is 16.5. The van der Waals surface area contributed by atoms with E-state index in [1.54, 1.807) is 0 Å². The van der Waals surface area contributed by atoms with Gasteiger partial charge in [0.2, 0.25) is 0 Å². The molecule has 6 heteroatoms. The molecule has 0 spiro atoms. The van der Waals surface area contributed by atoms with Crippen molar-refractivity contribution in [3.63, 3.8) is 0 Å². The largest absolute Gasteiger partial charge is 0.493 e. The lowest BCUT2D eigenvalue weighted by Crippen LogP contribution is -2.48. The van der Waals surface area contributed by atoms with Gasteiger partial charge in [-0.25, -0.2) is 4.79 Å². The van der Waals surface area contributed by atoms with Crippen LogP contribution in [0.4, 0.5) is 10.5 Å². The van der Waals surface area contributed by atoms with Crippen molar-refractivity contribution in [3.05, 3.63) is 54.1 Å². The van der Waals surface area contributed by atoms with Crippen LogP contribution in [0, 0.1) is 5.92 Å². The Morgan fingerprint density at radius 3 is 2.38 bits per heavy atom. The molecule has 5 rings (SSSR count). The molecule has 2 aromatic carbocycles. The summed E-state index contributed by atoms with van der Waals surface area (Å²) in [5.41, 5.74) is 2.31. The smallest absolute Gasteiger partial charge is 0.317 e. The van der Waals surface area contributed by atoms with Crippen molar-refractivity contribution in [2.24, 2.45) is 5.92 Å². The van der Waals surface area contributed by atoms with Crippen LogP contribution in [0.25, 0.3) is 0 Å². The highest BCUT2D eigenvalue weighted by molar-refractivity contribution is 5.75. The SMILES string of the molecule is CC(NC(=O)N1CCC1)c1ccc(OC2CCN(c3ccc(OCC4CC4)cc3)C2)cc1. The molecule has 2 unspecified atom stereocenters. The average Bonchev–Trinajstić information content (AvgIpc) is 3.48. The first-order valence-electron chi connectivity index (χ1n) is 11.9. The van der Waals surface area contributed by atoms with Gasteiger partial charge >= 0.3 is 6.03 Å². The van der Waals surface area contributed by atoms with Crippen molar-refractivity contribution >= 4 is 11.7 Å².